The minimum atomic E-state index is -1.47. The molecular weight excluding hydrogens is 156 g/mol. The van der Waals surface area contributed by atoms with Crippen LogP contribution >= 0.6 is 0 Å². The van der Waals surface area contributed by atoms with Crippen LogP contribution in [0.4, 0.5) is 0 Å². The van der Waals surface area contributed by atoms with Gasteiger partial charge in [0.2, 0.25) is 0 Å². The Hall–Kier alpha value is -1.06. The number of aryl methyl sites for hydroxylation is 2. The summed E-state index contributed by atoms with van der Waals surface area (Å²) >= 11 is 0. The summed E-state index contributed by atoms with van der Waals surface area (Å²) in [5.74, 6) is 0.208. The van der Waals surface area contributed by atoms with Gasteiger partial charge in [0, 0.05) is 5.56 Å². The van der Waals surface area contributed by atoms with Crippen LogP contribution in [0.2, 0.25) is 0 Å². The number of aliphatic hydroxyl groups excluding tert-OH is 1. The van der Waals surface area contributed by atoms with E-state index in [1.165, 1.54) is 0 Å². The first-order valence-electron chi connectivity index (χ1n) is 3.68. The normalized spacial score (nSPS) is 10.8. The molecule has 0 aliphatic carbocycles. The molecule has 66 valence electrons. The lowest BCUT2D eigenvalue weighted by Crippen LogP contribution is -1.96. The molecule has 12 heavy (non-hydrogen) atoms. The van der Waals surface area contributed by atoms with Crippen LogP contribution in [-0.4, -0.2) is 15.3 Å². The first-order valence-corrected chi connectivity index (χ1v) is 3.68. The van der Waals surface area contributed by atoms with Crippen LogP contribution < -0.4 is 0 Å². The van der Waals surface area contributed by atoms with Crippen molar-refractivity contribution >= 4 is 0 Å². The van der Waals surface area contributed by atoms with Crippen molar-refractivity contribution in [3.8, 4) is 5.75 Å². The Balaban J connectivity index is 3.21. The van der Waals surface area contributed by atoms with Gasteiger partial charge in [-0.05, 0) is 37.1 Å². The summed E-state index contributed by atoms with van der Waals surface area (Å²) in [5.41, 5.74) is 1.71. The molecule has 1 aromatic rings. The van der Waals surface area contributed by atoms with E-state index >= 15 is 0 Å². The zero-order chi connectivity index (χ0) is 9.30. The van der Waals surface area contributed by atoms with Gasteiger partial charge in [0.1, 0.15) is 5.75 Å². The van der Waals surface area contributed by atoms with Gasteiger partial charge in [-0.2, -0.15) is 0 Å². The fraction of sp³-hybridized carbons (Fsp3) is 0.333. The molecular formula is C9H12O3. The SMILES string of the molecule is Cc1cc(C(O)O)cc(C)c1O. The topological polar surface area (TPSA) is 60.7 Å². The molecule has 0 fully saturated rings. The minimum Gasteiger partial charge on any atom is -0.507 e. The molecule has 3 nitrogen and oxygen atoms in total. The lowest BCUT2D eigenvalue weighted by atomic mass is 10.1. The maximum atomic E-state index is 9.35. The highest BCUT2D eigenvalue weighted by molar-refractivity contribution is 5.42. The maximum Gasteiger partial charge on any atom is 0.178 e. The lowest BCUT2D eigenvalue weighted by Gasteiger charge is -2.08. The van der Waals surface area contributed by atoms with Gasteiger partial charge in [0.05, 0.1) is 0 Å². The van der Waals surface area contributed by atoms with E-state index in [2.05, 4.69) is 0 Å². The van der Waals surface area contributed by atoms with Crippen molar-refractivity contribution in [2.75, 3.05) is 0 Å². The van der Waals surface area contributed by atoms with E-state index in [0.29, 0.717) is 16.7 Å². The van der Waals surface area contributed by atoms with Crippen LogP contribution in [0.1, 0.15) is 23.0 Å². The Morgan fingerprint density at radius 3 is 1.83 bits per heavy atom. The molecule has 0 saturated heterocycles. The molecule has 0 radical (unpaired) electrons. The second-order valence-corrected chi connectivity index (χ2v) is 2.88. The first-order chi connectivity index (χ1) is 5.52. The molecule has 0 spiro atoms. The Morgan fingerprint density at radius 2 is 1.50 bits per heavy atom. The summed E-state index contributed by atoms with van der Waals surface area (Å²) in [6.07, 6.45) is -1.47. The largest absolute Gasteiger partial charge is 0.507 e. The van der Waals surface area contributed by atoms with Crippen molar-refractivity contribution in [1.29, 1.82) is 0 Å². The van der Waals surface area contributed by atoms with Crippen molar-refractivity contribution in [3.05, 3.63) is 28.8 Å². The molecule has 1 aromatic carbocycles. The third kappa shape index (κ3) is 1.57. The van der Waals surface area contributed by atoms with Crippen LogP contribution in [0.15, 0.2) is 12.1 Å². The van der Waals surface area contributed by atoms with E-state index in [1.807, 2.05) is 0 Å². The number of aliphatic hydroxyl groups is 2. The average molecular weight is 168 g/mol. The van der Waals surface area contributed by atoms with E-state index in [1.54, 1.807) is 26.0 Å². The molecule has 0 unspecified atom stereocenters. The van der Waals surface area contributed by atoms with Gasteiger partial charge < -0.3 is 15.3 Å². The molecule has 0 bridgehead atoms. The fourth-order valence-corrected chi connectivity index (χ4v) is 1.14. The van der Waals surface area contributed by atoms with Crippen LogP contribution in [-0.2, 0) is 0 Å². The minimum absolute atomic E-state index is 0.208. The van der Waals surface area contributed by atoms with E-state index < -0.39 is 6.29 Å². The standard InChI is InChI=1S/C9H12O3/c1-5-3-7(9(11)12)4-6(2)8(5)10/h3-4,9-12H,1-2H3. The Labute approximate surface area is 70.9 Å². The van der Waals surface area contributed by atoms with Crippen LogP contribution in [0.5, 0.6) is 5.75 Å². The Kier molecular flexibility index (Phi) is 2.35. The predicted molar refractivity (Wildman–Crippen MR) is 44.8 cm³/mol. The summed E-state index contributed by atoms with van der Waals surface area (Å²) in [4.78, 5) is 0. The fourth-order valence-electron chi connectivity index (χ4n) is 1.14. The highest BCUT2D eigenvalue weighted by Crippen LogP contribution is 2.24. The summed E-state index contributed by atoms with van der Waals surface area (Å²) in [6, 6.07) is 3.10. The second kappa shape index (κ2) is 3.13. The Bertz CT molecular complexity index is 269. The Morgan fingerprint density at radius 1 is 1.08 bits per heavy atom. The number of rotatable bonds is 1. The van der Waals surface area contributed by atoms with Crippen molar-refractivity contribution in [3.63, 3.8) is 0 Å². The zero-order valence-electron chi connectivity index (χ0n) is 7.07. The van der Waals surface area contributed by atoms with Gasteiger partial charge in [-0.15, -0.1) is 0 Å². The van der Waals surface area contributed by atoms with Crippen LogP contribution in [0.25, 0.3) is 0 Å². The molecule has 3 N–H and O–H groups in total. The van der Waals surface area contributed by atoms with Crippen molar-refractivity contribution in [2.24, 2.45) is 0 Å². The number of phenols is 1. The monoisotopic (exact) mass is 168 g/mol. The van der Waals surface area contributed by atoms with Crippen LogP contribution in [0, 0.1) is 13.8 Å². The third-order valence-corrected chi connectivity index (χ3v) is 1.81. The van der Waals surface area contributed by atoms with Gasteiger partial charge in [-0.25, -0.2) is 0 Å². The van der Waals surface area contributed by atoms with Gasteiger partial charge in [-0.1, -0.05) is 0 Å². The highest BCUT2D eigenvalue weighted by atomic mass is 16.5. The summed E-state index contributed by atoms with van der Waals surface area (Å²) < 4.78 is 0. The molecule has 0 aliphatic rings. The van der Waals surface area contributed by atoms with E-state index in [9.17, 15) is 5.11 Å². The van der Waals surface area contributed by atoms with E-state index in [4.69, 9.17) is 10.2 Å². The zero-order valence-corrected chi connectivity index (χ0v) is 7.07. The van der Waals surface area contributed by atoms with Gasteiger partial charge in [-0.3, -0.25) is 0 Å². The summed E-state index contributed by atoms with van der Waals surface area (Å²) in [7, 11) is 0. The van der Waals surface area contributed by atoms with Gasteiger partial charge in [0.25, 0.3) is 0 Å². The number of phenolic OH excluding ortho intramolecular Hbond substituents is 1. The molecule has 1 rings (SSSR count). The second-order valence-electron chi connectivity index (χ2n) is 2.88. The summed E-state index contributed by atoms with van der Waals surface area (Å²) in [5, 5.41) is 27.0. The average Bonchev–Trinajstić information content (AvgIpc) is 1.99. The first kappa shape index (κ1) is 9.03. The highest BCUT2D eigenvalue weighted by Gasteiger charge is 2.07. The van der Waals surface area contributed by atoms with Gasteiger partial charge >= 0.3 is 0 Å². The van der Waals surface area contributed by atoms with Crippen molar-refractivity contribution in [1.82, 2.24) is 0 Å². The quantitative estimate of drug-likeness (QED) is 0.548. The number of hydrogen-bond acceptors (Lipinski definition) is 3. The summed E-state index contributed by atoms with van der Waals surface area (Å²) in [6.45, 7) is 3.43. The molecule has 0 saturated carbocycles. The molecule has 0 aromatic heterocycles. The van der Waals surface area contributed by atoms with E-state index in [0.717, 1.165) is 0 Å². The third-order valence-electron chi connectivity index (χ3n) is 1.81. The van der Waals surface area contributed by atoms with E-state index in [-0.39, 0.29) is 5.75 Å². The molecule has 0 atom stereocenters. The molecule has 3 heteroatoms. The maximum absolute atomic E-state index is 9.35. The molecule has 0 aliphatic heterocycles. The smallest absolute Gasteiger partial charge is 0.178 e. The van der Waals surface area contributed by atoms with Crippen LogP contribution in [0.3, 0.4) is 0 Å². The van der Waals surface area contributed by atoms with Crippen molar-refractivity contribution < 1.29 is 15.3 Å². The lowest BCUT2D eigenvalue weighted by molar-refractivity contribution is -0.0425. The van der Waals surface area contributed by atoms with Crippen molar-refractivity contribution in [2.45, 2.75) is 20.1 Å². The van der Waals surface area contributed by atoms with Gasteiger partial charge in [0.15, 0.2) is 6.29 Å². The molecule has 0 heterocycles. The number of benzene rings is 1. The number of aromatic hydroxyl groups is 1. The number of hydrogen-bond donors (Lipinski definition) is 3. The molecule has 0 amide bonds. The predicted octanol–water partition coefficient (Wildman–Crippen LogP) is 0.992.